The van der Waals surface area contributed by atoms with Gasteiger partial charge >= 0.3 is 6.18 Å². The smallest absolute Gasteiger partial charge is 0.360 e. The van der Waals surface area contributed by atoms with Gasteiger partial charge < -0.3 is 4.90 Å². The summed E-state index contributed by atoms with van der Waals surface area (Å²) in [6, 6.07) is 0.915. The molecule has 0 unspecified atom stereocenters. The van der Waals surface area contributed by atoms with E-state index >= 15 is 0 Å². The summed E-state index contributed by atoms with van der Waals surface area (Å²) in [5, 5.41) is -0.387. The average molecular weight is 282 g/mol. The third-order valence-corrected chi connectivity index (χ3v) is 2.63. The SMILES string of the molecule is CCCCCN(C)c1cc(C(F)(F)F)nc(Cl)n1. The van der Waals surface area contributed by atoms with E-state index in [4.69, 9.17) is 11.6 Å². The number of nitrogens with zero attached hydrogens (tertiary/aromatic N) is 3. The molecule has 0 aliphatic rings. The molecule has 0 amide bonds. The van der Waals surface area contributed by atoms with E-state index in [-0.39, 0.29) is 11.1 Å². The molecule has 1 aromatic heterocycles. The van der Waals surface area contributed by atoms with Gasteiger partial charge in [0.15, 0.2) is 5.69 Å². The van der Waals surface area contributed by atoms with E-state index in [0.29, 0.717) is 6.54 Å². The van der Waals surface area contributed by atoms with Crippen molar-refractivity contribution in [3.63, 3.8) is 0 Å². The molecule has 7 heteroatoms. The van der Waals surface area contributed by atoms with Gasteiger partial charge in [-0.05, 0) is 18.0 Å². The van der Waals surface area contributed by atoms with Gasteiger partial charge in [-0.2, -0.15) is 13.2 Å². The Morgan fingerprint density at radius 1 is 1.28 bits per heavy atom. The number of halogens is 4. The molecule has 0 fully saturated rings. The van der Waals surface area contributed by atoms with E-state index in [2.05, 4.69) is 16.9 Å². The van der Waals surface area contributed by atoms with Gasteiger partial charge in [0.05, 0.1) is 0 Å². The van der Waals surface area contributed by atoms with Crippen LogP contribution in [0.3, 0.4) is 0 Å². The first-order chi connectivity index (χ1) is 8.34. The van der Waals surface area contributed by atoms with E-state index < -0.39 is 11.9 Å². The summed E-state index contributed by atoms with van der Waals surface area (Å²) in [4.78, 5) is 8.64. The van der Waals surface area contributed by atoms with E-state index in [1.807, 2.05) is 0 Å². The fourth-order valence-electron chi connectivity index (χ4n) is 1.46. The van der Waals surface area contributed by atoms with Crippen molar-refractivity contribution in [1.82, 2.24) is 9.97 Å². The van der Waals surface area contributed by atoms with Crippen LogP contribution in [0.2, 0.25) is 5.28 Å². The van der Waals surface area contributed by atoms with Gasteiger partial charge in [-0.15, -0.1) is 0 Å². The lowest BCUT2D eigenvalue weighted by Crippen LogP contribution is -2.21. The highest BCUT2D eigenvalue weighted by Crippen LogP contribution is 2.30. The first kappa shape index (κ1) is 15.0. The van der Waals surface area contributed by atoms with E-state index in [0.717, 1.165) is 25.3 Å². The average Bonchev–Trinajstić information content (AvgIpc) is 2.27. The minimum Gasteiger partial charge on any atom is -0.360 e. The molecule has 1 heterocycles. The van der Waals surface area contributed by atoms with Crippen molar-refractivity contribution in [3.8, 4) is 0 Å². The summed E-state index contributed by atoms with van der Waals surface area (Å²) < 4.78 is 37.7. The quantitative estimate of drug-likeness (QED) is 0.608. The molecule has 0 saturated heterocycles. The van der Waals surface area contributed by atoms with Crippen LogP contribution in [0, 0.1) is 0 Å². The number of hydrogen-bond donors (Lipinski definition) is 0. The van der Waals surface area contributed by atoms with Crippen molar-refractivity contribution in [1.29, 1.82) is 0 Å². The lowest BCUT2D eigenvalue weighted by atomic mass is 10.2. The summed E-state index contributed by atoms with van der Waals surface area (Å²) in [5.74, 6) is 0.193. The first-order valence-corrected chi connectivity index (χ1v) is 6.05. The summed E-state index contributed by atoms with van der Waals surface area (Å²) in [6.45, 7) is 2.70. The second kappa shape index (κ2) is 6.22. The highest BCUT2D eigenvalue weighted by Gasteiger charge is 2.33. The Kier molecular flexibility index (Phi) is 5.19. The fourth-order valence-corrected chi connectivity index (χ4v) is 1.64. The number of rotatable bonds is 5. The number of unbranched alkanes of at least 4 members (excludes halogenated alkanes) is 2. The molecule has 1 rings (SSSR count). The van der Waals surface area contributed by atoms with Gasteiger partial charge in [0.1, 0.15) is 5.82 Å². The van der Waals surface area contributed by atoms with Crippen molar-refractivity contribution in [2.75, 3.05) is 18.5 Å². The second-order valence-electron chi connectivity index (χ2n) is 4.01. The number of anilines is 1. The fraction of sp³-hybridized carbons (Fsp3) is 0.636. The highest BCUT2D eigenvalue weighted by atomic mass is 35.5. The molecular weight excluding hydrogens is 267 g/mol. The predicted octanol–water partition coefficient (Wildman–Crippen LogP) is 3.78. The van der Waals surface area contributed by atoms with Crippen molar-refractivity contribution >= 4 is 17.4 Å². The predicted molar refractivity (Wildman–Crippen MR) is 64.8 cm³/mol. The summed E-state index contributed by atoms with van der Waals surface area (Å²) in [5.41, 5.74) is -1.01. The second-order valence-corrected chi connectivity index (χ2v) is 4.34. The van der Waals surface area contributed by atoms with Crippen LogP contribution in [-0.2, 0) is 6.18 Å². The van der Waals surface area contributed by atoms with Gasteiger partial charge in [-0.25, -0.2) is 9.97 Å². The number of hydrogen-bond acceptors (Lipinski definition) is 3. The van der Waals surface area contributed by atoms with Gasteiger partial charge in [0.2, 0.25) is 5.28 Å². The monoisotopic (exact) mass is 281 g/mol. The molecule has 102 valence electrons. The van der Waals surface area contributed by atoms with Crippen LogP contribution in [0.4, 0.5) is 19.0 Å². The van der Waals surface area contributed by atoms with Gasteiger partial charge in [-0.3, -0.25) is 0 Å². The topological polar surface area (TPSA) is 29.0 Å². The van der Waals surface area contributed by atoms with E-state index in [9.17, 15) is 13.2 Å². The van der Waals surface area contributed by atoms with E-state index in [1.165, 1.54) is 0 Å². The van der Waals surface area contributed by atoms with Gasteiger partial charge in [-0.1, -0.05) is 19.8 Å². The van der Waals surface area contributed by atoms with Crippen molar-refractivity contribution in [3.05, 3.63) is 17.0 Å². The van der Waals surface area contributed by atoms with Crippen LogP contribution in [0.5, 0.6) is 0 Å². The molecule has 0 radical (unpaired) electrons. The molecule has 0 saturated carbocycles. The molecule has 3 nitrogen and oxygen atoms in total. The minimum absolute atomic E-state index is 0.193. The lowest BCUT2D eigenvalue weighted by Gasteiger charge is -2.19. The standard InChI is InChI=1S/C11H15ClF3N3/c1-3-4-5-6-18(2)9-7-8(11(13,14)15)16-10(12)17-9/h7H,3-6H2,1-2H3. The molecule has 1 aromatic rings. The lowest BCUT2D eigenvalue weighted by molar-refractivity contribution is -0.141. The molecular formula is C11H15ClF3N3. The third-order valence-electron chi connectivity index (χ3n) is 2.46. The zero-order valence-corrected chi connectivity index (χ0v) is 11.0. The Hall–Kier alpha value is -1.04. The maximum atomic E-state index is 12.6. The zero-order valence-electron chi connectivity index (χ0n) is 10.3. The normalized spacial score (nSPS) is 11.7. The number of aromatic nitrogens is 2. The molecule has 0 bridgehead atoms. The van der Waals surface area contributed by atoms with E-state index in [1.54, 1.807) is 11.9 Å². The summed E-state index contributed by atoms with van der Waals surface area (Å²) in [7, 11) is 1.69. The van der Waals surface area contributed by atoms with Crippen molar-refractivity contribution in [2.45, 2.75) is 32.4 Å². The summed E-state index contributed by atoms with van der Waals surface area (Å²) in [6.07, 6.45) is -1.54. The molecule has 0 atom stereocenters. The first-order valence-electron chi connectivity index (χ1n) is 5.67. The molecule has 0 aliphatic heterocycles. The molecule has 0 aliphatic carbocycles. The van der Waals surface area contributed by atoms with Crippen LogP contribution in [-0.4, -0.2) is 23.6 Å². The molecule has 0 N–H and O–H groups in total. The van der Waals surface area contributed by atoms with Crippen LogP contribution in [0.15, 0.2) is 6.07 Å². The highest BCUT2D eigenvalue weighted by molar-refractivity contribution is 6.28. The van der Waals surface area contributed by atoms with Crippen molar-refractivity contribution < 1.29 is 13.2 Å². The van der Waals surface area contributed by atoms with Gasteiger partial charge in [0.25, 0.3) is 0 Å². The van der Waals surface area contributed by atoms with Crippen LogP contribution < -0.4 is 4.90 Å². The van der Waals surface area contributed by atoms with Gasteiger partial charge in [0, 0.05) is 19.7 Å². The maximum absolute atomic E-state index is 12.6. The minimum atomic E-state index is -4.51. The molecule has 0 aromatic carbocycles. The zero-order chi connectivity index (χ0) is 13.8. The number of alkyl halides is 3. The summed E-state index contributed by atoms with van der Waals surface area (Å²) >= 11 is 5.51. The van der Waals surface area contributed by atoms with Crippen LogP contribution in [0.1, 0.15) is 31.9 Å². The Balaban J connectivity index is 2.85. The third kappa shape index (κ3) is 4.33. The van der Waals surface area contributed by atoms with Crippen LogP contribution in [0.25, 0.3) is 0 Å². The molecule has 18 heavy (non-hydrogen) atoms. The largest absolute Gasteiger partial charge is 0.433 e. The molecule has 0 spiro atoms. The maximum Gasteiger partial charge on any atom is 0.433 e. The Morgan fingerprint density at radius 2 is 1.94 bits per heavy atom. The van der Waals surface area contributed by atoms with Crippen molar-refractivity contribution in [2.24, 2.45) is 0 Å². The van der Waals surface area contributed by atoms with Crippen LogP contribution >= 0.6 is 11.6 Å². The Morgan fingerprint density at radius 3 is 2.50 bits per heavy atom. The Bertz CT molecular complexity index is 396. The Labute approximate surface area is 109 Å².